The number of aryl methyl sites for hydroxylation is 1. The molecule has 12 heavy (non-hydrogen) atoms. The number of hydrogen-bond donors (Lipinski definition) is 0. The number of thiophene rings is 1. The van der Waals surface area contributed by atoms with Crippen molar-refractivity contribution in [3.63, 3.8) is 0 Å². The minimum Gasteiger partial charge on any atom is -0.274 e. The Kier molecular flexibility index (Phi) is 2.83. The quantitative estimate of drug-likeness (QED) is 0.656. The summed E-state index contributed by atoms with van der Waals surface area (Å²) in [5, 5.41) is 4.99. The second-order valence-corrected chi connectivity index (χ2v) is 3.20. The molecule has 0 atom stereocenters. The van der Waals surface area contributed by atoms with E-state index in [4.69, 9.17) is 4.84 Å². The maximum Gasteiger partial charge on any atom is 0.278 e. The molecule has 0 aromatic carbocycles. The van der Waals surface area contributed by atoms with Gasteiger partial charge in [0.1, 0.15) is 0 Å². The lowest BCUT2D eigenvalue weighted by molar-refractivity contribution is -0.0757. The summed E-state index contributed by atoms with van der Waals surface area (Å²) in [6.45, 7) is 1.91. The maximum absolute atomic E-state index is 11.5. The minimum absolute atomic E-state index is 0.101. The van der Waals surface area contributed by atoms with Crippen molar-refractivity contribution < 1.29 is 9.63 Å². The van der Waals surface area contributed by atoms with Gasteiger partial charge in [0.05, 0.1) is 12.7 Å². The summed E-state index contributed by atoms with van der Waals surface area (Å²) >= 11 is 1.52. The van der Waals surface area contributed by atoms with Gasteiger partial charge in [0.25, 0.3) is 5.91 Å². The van der Waals surface area contributed by atoms with Gasteiger partial charge in [0.2, 0.25) is 0 Å². The second-order valence-electron chi connectivity index (χ2n) is 2.45. The molecular weight excluding hydrogens is 174 g/mol. The highest BCUT2D eigenvalue weighted by atomic mass is 32.1. The molecular formula is C8H11NO2S. The zero-order chi connectivity index (χ0) is 9.14. The summed E-state index contributed by atoms with van der Waals surface area (Å²) in [4.78, 5) is 16.2. The fraction of sp³-hybridized carbons (Fsp3) is 0.375. The van der Waals surface area contributed by atoms with Crippen molar-refractivity contribution in [3.05, 3.63) is 21.9 Å². The van der Waals surface area contributed by atoms with E-state index in [1.807, 2.05) is 17.7 Å². The average molecular weight is 185 g/mol. The largest absolute Gasteiger partial charge is 0.278 e. The number of carbonyl (C=O) groups excluding carboxylic acids is 1. The SMILES string of the molecule is CON(C)C(=O)c1cscc1C. The average Bonchev–Trinajstić information content (AvgIpc) is 2.48. The van der Waals surface area contributed by atoms with Crippen LogP contribution in [0.2, 0.25) is 0 Å². The number of hydroxylamine groups is 2. The smallest absolute Gasteiger partial charge is 0.274 e. The predicted molar refractivity (Wildman–Crippen MR) is 48.2 cm³/mol. The van der Waals surface area contributed by atoms with Gasteiger partial charge in [-0.15, -0.1) is 0 Å². The van der Waals surface area contributed by atoms with Crippen molar-refractivity contribution in [2.75, 3.05) is 14.2 Å². The van der Waals surface area contributed by atoms with E-state index < -0.39 is 0 Å². The van der Waals surface area contributed by atoms with E-state index in [1.165, 1.54) is 23.5 Å². The number of rotatable bonds is 2. The fourth-order valence-corrected chi connectivity index (χ4v) is 1.65. The second kappa shape index (κ2) is 3.69. The lowest BCUT2D eigenvalue weighted by Crippen LogP contribution is -2.25. The molecule has 0 aliphatic heterocycles. The van der Waals surface area contributed by atoms with Crippen molar-refractivity contribution in [1.29, 1.82) is 0 Å². The van der Waals surface area contributed by atoms with Crippen LogP contribution in [0.4, 0.5) is 0 Å². The molecule has 1 rings (SSSR count). The Morgan fingerprint density at radius 3 is 2.67 bits per heavy atom. The van der Waals surface area contributed by atoms with Crippen LogP contribution in [0, 0.1) is 6.92 Å². The molecule has 1 aromatic rings. The van der Waals surface area contributed by atoms with Gasteiger partial charge in [-0.3, -0.25) is 9.63 Å². The molecule has 0 N–H and O–H groups in total. The molecule has 1 aromatic heterocycles. The lowest BCUT2D eigenvalue weighted by atomic mass is 10.2. The first-order chi connectivity index (χ1) is 5.66. The minimum atomic E-state index is -0.101. The van der Waals surface area contributed by atoms with Crippen LogP contribution in [0.1, 0.15) is 15.9 Å². The van der Waals surface area contributed by atoms with Crippen molar-refractivity contribution in [1.82, 2.24) is 5.06 Å². The molecule has 0 aliphatic rings. The topological polar surface area (TPSA) is 29.5 Å². The number of hydrogen-bond acceptors (Lipinski definition) is 3. The Bertz CT molecular complexity index is 282. The molecule has 0 fully saturated rings. The molecule has 0 spiro atoms. The van der Waals surface area contributed by atoms with Crippen LogP contribution in [0.25, 0.3) is 0 Å². The number of carbonyl (C=O) groups is 1. The summed E-state index contributed by atoms with van der Waals surface area (Å²) in [5.41, 5.74) is 1.71. The summed E-state index contributed by atoms with van der Waals surface area (Å²) in [6, 6.07) is 0. The van der Waals surface area contributed by atoms with Crippen molar-refractivity contribution in [2.45, 2.75) is 6.92 Å². The molecule has 1 heterocycles. The highest BCUT2D eigenvalue weighted by Gasteiger charge is 2.13. The summed E-state index contributed by atoms with van der Waals surface area (Å²) in [7, 11) is 3.07. The van der Waals surface area contributed by atoms with Crippen LogP contribution in [0.3, 0.4) is 0 Å². The zero-order valence-corrected chi connectivity index (χ0v) is 8.14. The van der Waals surface area contributed by atoms with Gasteiger partial charge in [0, 0.05) is 12.4 Å². The summed E-state index contributed by atoms with van der Waals surface area (Å²) in [5.74, 6) is -0.101. The first-order valence-corrected chi connectivity index (χ1v) is 4.46. The maximum atomic E-state index is 11.5. The van der Waals surface area contributed by atoms with Crippen LogP contribution >= 0.6 is 11.3 Å². The fourth-order valence-electron chi connectivity index (χ4n) is 0.832. The van der Waals surface area contributed by atoms with E-state index in [1.54, 1.807) is 7.05 Å². The molecule has 1 amide bonds. The highest BCUT2D eigenvalue weighted by molar-refractivity contribution is 7.08. The van der Waals surface area contributed by atoms with E-state index in [0.29, 0.717) is 5.56 Å². The normalized spacial score (nSPS) is 9.92. The Hall–Kier alpha value is -0.870. The van der Waals surface area contributed by atoms with Crippen LogP contribution < -0.4 is 0 Å². The Labute approximate surface area is 75.5 Å². The Morgan fingerprint density at radius 2 is 2.25 bits per heavy atom. The highest BCUT2D eigenvalue weighted by Crippen LogP contribution is 2.15. The zero-order valence-electron chi connectivity index (χ0n) is 7.33. The van der Waals surface area contributed by atoms with Gasteiger partial charge >= 0.3 is 0 Å². The molecule has 0 saturated heterocycles. The molecule has 4 heteroatoms. The molecule has 0 aliphatic carbocycles. The summed E-state index contributed by atoms with van der Waals surface area (Å²) in [6.07, 6.45) is 0. The van der Waals surface area contributed by atoms with Crippen LogP contribution in [0.5, 0.6) is 0 Å². The van der Waals surface area contributed by atoms with E-state index >= 15 is 0 Å². The molecule has 0 bridgehead atoms. The third-order valence-corrected chi connectivity index (χ3v) is 2.51. The van der Waals surface area contributed by atoms with Gasteiger partial charge in [-0.1, -0.05) is 0 Å². The van der Waals surface area contributed by atoms with Gasteiger partial charge in [0.15, 0.2) is 0 Å². The van der Waals surface area contributed by atoms with E-state index in [2.05, 4.69) is 0 Å². The predicted octanol–water partition coefficient (Wildman–Crippen LogP) is 1.69. The third kappa shape index (κ3) is 1.65. The van der Waals surface area contributed by atoms with Crippen LogP contribution in [0.15, 0.2) is 10.8 Å². The van der Waals surface area contributed by atoms with Gasteiger partial charge < -0.3 is 0 Å². The Morgan fingerprint density at radius 1 is 1.58 bits per heavy atom. The van der Waals surface area contributed by atoms with E-state index in [-0.39, 0.29) is 5.91 Å². The standard InChI is InChI=1S/C8H11NO2S/c1-6-4-12-5-7(6)8(10)9(2)11-3/h4-5H,1-3H3. The Balaban J connectivity index is 2.85. The molecule has 0 radical (unpaired) electrons. The van der Waals surface area contributed by atoms with Crippen molar-refractivity contribution in [3.8, 4) is 0 Å². The van der Waals surface area contributed by atoms with Crippen molar-refractivity contribution >= 4 is 17.2 Å². The first-order valence-electron chi connectivity index (χ1n) is 3.51. The van der Waals surface area contributed by atoms with Gasteiger partial charge in [-0.05, 0) is 17.9 Å². The first kappa shape index (κ1) is 9.22. The molecule has 0 unspecified atom stereocenters. The number of nitrogens with zero attached hydrogens (tertiary/aromatic N) is 1. The number of amides is 1. The van der Waals surface area contributed by atoms with Gasteiger partial charge in [-0.25, -0.2) is 5.06 Å². The summed E-state index contributed by atoms with van der Waals surface area (Å²) < 4.78 is 0. The van der Waals surface area contributed by atoms with Crippen molar-refractivity contribution in [2.24, 2.45) is 0 Å². The third-order valence-electron chi connectivity index (χ3n) is 1.65. The molecule has 0 saturated carbocycles. The molecule has 3 nitrogen and oxygen atoms in total. The monoisotopic (exact) mass is 185 g/mol. The van der Waals surface area contributed by atoms with Gasteiger partial charge in [-0.2, -0.15) is 11.3 Å². The van der Waals surface area contributed by atoms with E-state index in [9.17, 15) is 4.79 Å². The van der Waals surface area contributed by atoms with E-state index in [0.717, 1.165) is 5.56 Å². The van der Waals surface area contributed by atoms with Crippen LogP contribution in [-0.2, 0) is 4.84 Å². The molecule has 66 valence electrons. The van der Waals surface area contributed by atoms with Crippen LogP contribution in [-0.4, -0.2) is 25.1 Å². The lowest BCUT2D eigenvalue weighted by Gasteiger charge is -2.12.